The standard InChI is InChI=1S/C24H26O7/c1-27-20-12-7-16(14-22(20)29-3)6-10-18(25)15-19(26)11-8-17-9-13-21(28-2)24(31-5)23(17)30-4/h6-15,25H,1-5H3/b10-6+,11-8+,18-15-. The first-order valence-electron chi connectivity index (χ1n) is 9.29. The molecule has 0 fully saturated rings. The molecule has 0 amide bonds. The van der Waals surface area contributed by atoms with Crippen LogP contribution in [0.15, 0.2) is 54.3 Å². The topological polar surface area (TPSA) is 83.5 Å². The van der Waals surface area contributed by atoms with E-state index in [1.165, 1.54) is 33.5 Å². The second-order valence-electron chi connectivity index (χ2n) is 6.18. The van der Waals surface area contributed by atoms with Crippen molar-refractivity contribution >= 4 is 17.9 Å². The van der Waals surface area contributed by atoms with Crippen LogP contribution in [0.3, 0.4) is 0 Å². The van der Waals surface area contributed by atoms with Crippen LogP contribution in [0.2, 0.25) is 0 Å². The van der Waals surface area contributed by atoms with E-state index in [0.717, 1.165) is 11.6 Å². The van der Waals surface area contributed by atoms with E-state index in [2.05, 4.69) is 0 Å². The zero-order chi connectivity index (χ0) is 22.8. The largest absolute Gasteiger partial charge is 0.508 e. The first kappa shape index (κ1) is 23.4. The van der Waals surface area contributed by atoms with E-state index < -0.39 is 5.78 Å². The normalized spacial score (nSPS) is 11.6. The maximum Gasteiger partial charge on any atom is 0.203 e. The lowest BCUT2D eigenvalue weighted by atomic mass is 10.1. The summed E-state index contributed by atoms with van der Waals surface area (Å²) in [6.07, 6.45) is 7.09. The minimum absolute atomic E-state index is 0.191. The zero-order valence-corrected chi connectivity index (χ0v) is 18.2. The third kappa shape index (κ3) is 6.05. The summed E-state index contributed by atoms with van der Waals surface area (Å²) in [5, 5.41) is 10.1. The number of aliphatic hydroxyl groups excluding tert-OH is 1. The van der Waals surface area contributed by atoms with Crippen LogP contribution in [-0.4, -0.2) is 46.4 Å². The van der Waals surface area contributed by atoms with Crippen molar-refractivity contribution in [3.63, 3.8) is 0 Å². The van der Waals surface area contributed by atoms with Gasteiger partial charge in [0.15, 0.2) is 28.8 Å². The third-order valence-corrected chi connectivity index (χ3v) is 4.31. The molecule has 0 spiro atoms. The number of aliphatic hydroxyl groups is 1. The molecule has 31 heavy (non-hydrogen) atoms. The number of carbonyl (C=O) groups excluding carboxylic acids is 1. The minimum atomic E-state index is -0.397. The van der Waals surface area contributed by atoms with Gasteiger partial charge in [-0.1, -0.05) is 12.1 Å². The number of benzene rings is 2. The molecular weight excluding hydrogens is 400 g/mol. The van der Waals surface area contributed by atoms with Gasteiger partial charge < -0.3 is 28.8 Å². The van der Waals surface area contributed by atoms with E-state index in [0.29, 0.717) is 34.3 Å². The van der Waals surface area contributed by atoms with Crippen LogP contribution in [0, 0.1) is 0 Å². The van der Waals surface area contributed by atoms with Crippen LogP contribution < -0.4 is 23.7 Å². The highest BCUT2D eigenvalue weighted by Crippen LogP contribution is 2.40. The highest BCUT2D eigenvalue weighted by molar-refractivity contribution is 6.02. The van der Waals surface area contributed by atoms with Crippen LogP contribution in [0.4, 0.5) is 0 Å². The Labute approximate surface area is 181 Å². The predicted molar refractivity (Wildman–Crippen MR) is 119 cm³/mol. The Hall–Kier alpha value is -3.87. The fourth-order valence-corrected chi connectivity index (χ4v) is 2.81. The molecule has 0 aromatic heterocycles. The summed E-state index contributed by atoms with van der Waals surface area (Å²) in [6.45, 7) is 0. The highest BCUT2D eigenvalue weighted by Gasteiger charge is 2.14. The molecule has 164 valence electrons. The second kappa shape index (κ2) is 11.3. The van der Waals surface area contributed by atoms with Gasteiger partial charge in [-0.2, -0.15) is 0 Å². The third-order valence-electron chi connectivity index (χ3n) is 4.31. The van der Waals surface area contributed by atoms with Gasteiger partial charge in [-0.05, 0) is 48.1 Å². The van der Waals surface area contributed by atoms with Gasteiger partial charge >= 0.3 is 0 Å². The van der Waals surface area contributed by atoms with Crippen molar-refractivity contribution < 1.29 is 33.6 Å². The van der Waals surface area contributed by atoms with Gasteiger partial charge in [0.25, 0.3) is 0 Å². The molecular formula is C24H26O7. The Kier molecular flexibility index (Phi) is 8.57. The van der Waals surface area contributed by atoms with Crippen LogP contribution in [-0.2, 0) is 4.79 Å². The maximum atomic E-state index is 12.2. The summed E-state index contributed by atoms with van der Waals surface area (Å²) < 4.78 is 26.4. The van der Waals surface area contributed by atoms with Crippen molar-refractivity contribution in [1.29, 1.82) is 0 Å². The van der Waals surface area contributed by atoms with Gasteiger partial charge in [-0.15, -0.1) is 0 Å². The van der Waals surface area contributed by atoms with E-state index >= 15 is 0 Å². The van der Waals surface area contributed by atoms with Crippen molar-refractivity contribution in [2.75, 3.05) is 35.5 Å². The Bertz CT molecular complexity index is 1000. The van der Waals surface area contributed by atoms with E-state index in [1.54, 1.807) is 56.7 Å². The summed E-state index contributed by atoms with van der Waals surface area (Å²) >= 11 is 0. The summed E-state index contributed by atoms with van der Waals surface area (Å²) in [4.78, 5) is 12.2. The van der Waals surface area contributed by atoms with E-state index in [1.807, 2.05) is 0 Å². The lowest BCUT2D eigenvalue weighted by molar-refractivity contribution is -0.110. The van der Waals surface area contributed by atoms with Gasteiger partial charge in [0.2, 0.25) is 5.75 Å². The van der Waals surface area contributed by atoms with E-state index in [9.17, 15) is 9.90 Å². The molecule has 0 unspecified atom stereocenters. The van der Waals surface area contributed by atoms with Crippen molar-refractivity contribution in [1.82, 2.24) is 0 Å². The minimum Gasteiger partial charge on any atom is -0.508 e. The SMILES string of the molecule is COc1ccc(/C=C/C(O)=C/C(=O)/C=C/c2ccc(OC)c(OC)c2OC)cc1OC. The summed E-state index contributed by atoms with van der Waals surface area (Å²) in [6, 6.07) is 8.77. The molecule has 0 aliphatic carbocycles. The predicted octanol–water partition coefficient (Wildman–Crippen LogP) is 4.47. The first-order chi connectivity index (χ1) is 15.0. The molecule has 0 bridgehead atoms. The Morgan fingerprint density at radius 3 is 2.00 bits per heavy atom. The smallest absolute Gasteiger partial charge is 0.203 e. The van der Waals surface area contributed by atoms with E-state index in [-0.39, 0.29) is 5.76 Å². The number of ether oxygens (including phenoxy) is 5. The molecule has 0 heterocycles. The Morgan fingerprint density at radius 2 is 1.39 bits per heavy atom. The van der Waals surface area contributed by atoms with E-state index in [4.69, 9.17) is 23.7 Å². The van der Waals surface area contributed by atoms with Crippen LogP contribution >= 0.6 is 0 Å². The lowest BCUT2D eigenvalue weighted by Crippen LogP contribution is -1.97. The molecule has 2 aromatic carbocycles. The first-order valence-corrected chi connectivity index (χ1v) is 9.29. The number of ketones is 1. The van der Waals surface area contributed by atoms with Gasteiger partial charge in [0, 0.05) is 11.6 Å². The molecule has 0 atom stereocenters. The molecule has 1 N–H and O–H groups in total. The van der Waals surface area contributed by atoms with Gasteiger partial charge in [0.05, 0.1) is 35.5 Å². The molecule has 0 saturated carbocycles. The Morgan fingerprint density at radius 1 is 0.742 bits per heavy atom. The number of hydrogen-bond acceptors (Lipinski definition) is 7. The van der Waals surface area contributed by atoms with Gasteiger partial charge in [-0.25, -0.2) is 0 Å². The molecule has 7 nitrogen and oxygen atoms in total. The highest BCUT2D eigenvalue weighted by atomic mass is 16.5. The number of rotatable bonds is 10. The molecule has 2 rings (SSSR count). The molecule has 2 aromatic rings. The number of hydrogen-bond donors (Lipinski definition) is 1. The number of carbonyl (C=O) groups is 1. The van der Waals surface area contributed by atoms with Crippen molar-refractivity contribution in [3.8, 4) is 28.7 Å². The maximum absolute atomic E-state index is 12.2. The van der Waals surface area contributed by atoms with Crippen molar-refractivity contribution in [2.24, 2.45) is 0 Å². The molecule has 0 aliphatic heterocycles. The van der Waals surface area contributed by atoms with Crippen molar-refractivity contribution in [3.05, 3.63) is 65.4 Å². The number of methoxy groups -OCH3 is 5. The lowest BCUT2D eigenvalue weighted by Gasteiger charge is -2.13. The van der Waals surface area contributed by atoms with Gasteiger partial charge in [0.1, 0.15) is 5.76 Å². The average Bonchev–Trinajstić information content (AvgIpc) is 2.80. The quantitative estimate of drug-likeness (QED) is 0.341. The van der Waals surface area contributed by atoms with Crippen LogP contribution in [0.5, 0.6) is 28.7 Å². The van der Waals surface area contributed by atoms with Crippen LogP contribution in [0.25, 0.3) is 12.2 Å². The van der Waals surface area contributed by atoms with Crippen LogP contribution in [0.1, 0.15) is 11.1 Å². The molecule has 0 saturated heterocycles. The molecule has 7 heteroatoms. The summed E-state index contributed by atoms with van der Waals surface area (Å²) in [5.74, 6) is 1.96. The summed E-state index contributed by atoms with van der Waals surface area (Å²) in [5.41, 5.74) is 1.40. The number of allylic oxidation sites excluding steroid dienone is 3. The summed E-state index contributed by atoms with van der Waals surface area (Å²) in [7, 11) is 7.63. The zero-order valence-electron chi connectivity index (χ0n) is 18.2. The molecule has 0 radical (unpaired) electrons. The van der Waals surface area contributed by atoms with Gasteiger partial charge in [-0.3, -0.25) is 4.79 Å². The average molecular weight is 426 g/mol. The monoisotopic (exact) mass is 426 g/mol. The van der Waals surface area contributed by atoms with Crippen molar-refractivity contribution in [2.45, 2.75) is 0 Å². The fraction of sp³-hybridized carbons (Fsp3) is 0.208. The Balaban J connectivity index is 2.16. The molecule has 0 aliphatic rings. The second-order valence-corrected chi connectivity index (χ2v) is 6.18. The fourth-order valence-electron chi connectivity index (χ4n) is 2.81.